The van der Waals surface area contributed by atoms with Gasteiger partial charge in [0.2, 0.25) is 0 Å². The minimum atomic E-state index is 0. The van der Waals surface area contributed by atoms with Crippen LogP contribution in [0.4, 0.5) is 0 Å². The van der Waals surface area contributed by atoms with Gasteiger partial charge in [-0.05, 0) is 77.0 Å². The monoisotopic (exact) mass is 1520 g/mol. The summed E-state index contributed by atoms with van der Waals surface area (Å²) >= 11 is 0. The molecule has 0 bridgehead atoms. The third-order valence-corrected chi connectivity index (χ3v) is 8.38. The zero-order valence-electron chi connectivity index (χ0n) is 46.3. The Hall–Kier alpha value is 4.60. The van der Waals surface area contributed by atoms with Crippen LogP contribution in [0.3, 0.4) is 0 Å². The Labute approximate surface area is 585 Å². The quantitative estimate of drug-likeness (QED) is 0.0941. The van der Waals surface area contributed by atoms with Crippen molar-refractivity contribution in [3.63, 3.8) is 0 Å². The van der Waals surface area contributed by atoms with Gasteiger partial charge in [-0.15, -0.1) is 0 Å². The van der Waals surface area contributed by atoms with E-state index in [4.69, 9.17) is 0 Å². The van der Waals surface area contributed by atoms with E-state index in [9.17, 15) is 0 Å². The third kappa shape index (κ3) is 180. The molecular weight excluding hydrogens is 1430 g/mol. The van der Waals surface area contributed by atoms with Crippen molar-refractivity contribution in [1.29, 1.82) is 0 Å². The molecular formula is C36H87N3O28V10-50. The van der Waals surface area contributed by atoms with Gasteiger partial charge in [-0.2, -0.15) is 0 Å². The first-order valence-corrected chi connectivity index (χ1v) is 18.3. The minimum Gasteiger partial charge on any atom is -2.00 e. The van der Waals surface area contributed by atoms with E-state index in [-0.39, 0.29) is 339 Å². The molecule has 0 aromatic rings. The number of hydrogen-bond donors (Lipinski definition) is 0. The second-order valence-electron chi connectivity index (χ2n) is 12.7. The summed E-state index contributed by atoms with van der Waals surface area (Å²) in [6.07, 6.45) is 16.0. The molecule has 0 saturated carbocycles. The zero-order valence-corrected chi connectivity index (χ0v) is 60.3. The van der Waals surface area contributed by atoms with Crippen LogP contribution in [-0.2, 0) is 322 Å². The van der Waals surface area contributed by atoms with E-state index in [1.807, 2.05) is 0 Å². The molecule has 0 saturated heterocycles. The van der Waals surface area contributed by atoms with E-state index in [1.54, 1.807) is 0 Å². The molecule has 10 radical (unpaired) electrons. The van der Waals surface area contributed by atoms with Gasteiger partial charge in [0.15, 0.2) is 0 Å². The normalized spacial score (nSPS) is 6.08. The molecule has 0 atom stereocenters. The van der Waals surface area contributed by atoms with Crippen LogP contribution in [0.1, 0.15) is 160 Å². The minimum absolute atomic E-state index is 0. The SMILES string of the molecule is CCC[N+](CCC)(CCC)CCC.CCC[N+](CCC)(CCC)CCC.CCC[N+](CCC)(CCC)CCC.[O-2].[O-2].[O-2].[O-2].[O-2].[O-2].[O-2].[O-2].[O-2].[O-2].[O-2].[O-2].[O-2].[O-2].[O-2].[O-2].[O-2].[O-2].[O-2].[O-2].[O-2].[O-2].[O-2].[O-2].[O-2].[OH-].[OH-].[OH-].[V].[V].[V].[V].[V].[V].[V].[V].[V].[V]. The molecule has 0 aliphatic heterocycles. The summed E-state index contributed by atoms with van der Waals surface area (Å²) in [6.45, 7) is 44.4. The Morgan fingerprint density at radius 3 is 0.195 bits per heavy atom. The van der Waals surface area contributed by atoms with Crippen molar-refractivity contribution < 1.29 is 352 Å². The van der Waals surface area contributed by atoms with Crippen molar-refractivity contribution in [1.82, 2.24) is 0 Å². The molecule has 3 N–H and O–H groups in total. The van der Waals surface area contributed by atoms with Crippen molar-refractivity contribution in [2.45, 2.75) is 160 Å². The fourth-order valence-electron chi connectivity index (χ4n) is 7.70. The van der Waals surface area contributed by atoms with E-state index in [2.05, 4.69) is 83.1 Å². The van der Waals surface area contributed by atoms with Crippen molar-refractivity contribution >= 4 is 0 Å². The molecule has 0 aromatic carbocycles. The molecule has 0 amide bonds. The predicted octanol–water partition coefficient (Wildman–Crippen LogP) is 6.80. The first-order chi connectivity index (χ1) is 18.7. The van der Waals surface area contributed by atoms with Crippen molar-refractivity contribution in [3.05, 3.63) is 0 Å². The van der Waals surface area contributed by atoms with E-state index >= 15 is 0 Å². The molecule has 0 aliphatic carbocycles. The largest absolute Gasteiger partial charge is 2.00 e. The van der Waals surface area contributed by atoms with E-state index in [0.717, 1.165) is 0 Å². The molecule has 0 heterocycles. The Morgan fingerprint density at radius 2 is 0.169 bits per heavy atom. The first-order valence-electron chi connectivity index (χ1n) is 18.3. The number of quaternary nitrogens is 3. The van der Waals surface area contributed by atoms with Crippen LogP contribution in [0.5, 0.6) is 0 Å². The molecule has 31 nitrogen and oxygen atoms in total. The smallest absolute Gasteiger partial charge is 0.0783 e. The summed E-state index contributed by atoms with van der Waals surface area (Å²) in [5.41, 5.74) is 0. The Bertz CT molecular complexity index is 416. The molecule has 0 aromatic heterocycles. The van der Waals surface area contributed by atoms with E-state index < -0.39 is 0 Å². The molecule has 0 fully saturated rings. The Morgan fingerprint density at radius 1 is 0.130 bits per heavy atom. The molecule has 41 heteroatoms. The van der Waals surface area contributed by atoms with Crippen LogP contribution in [-0.4, -0.2) is 108 Å². The van der Waals surface area contributed by atoms with Crippen LogP contribution in [0, 0.1) is 0 Å². The van der Waals surface area contributed by atoms with E-state index in [1.165, 1.54) is 169 Å². The average molecular weight is 1520 g/mol. The van der Waals surface area contributed by atoms with Crippen LogP contribution < -0.4 is 0 Å². The van der Waals surface area contributed by atoms with Gasteiger partial charge < -0.3 is 167 Å². The van der Waals surface area contributed by atoms with Gasteiger partial charge in [0.25, 0.3) is 0 Å². The topological polar surface area (TPSA) is 802 Å². The number of hydrogen-bond acceptors (Lipinski definition) is 3. The summed E-state index contributed by atoms with van der Waals surface area (Å²) in [4.78, 5) is 0. The summed E-state index contributed by atoms with van der Waals surface area (Å²) in [5.74, 6) is 0. The fourth-order valence-corrected chi connectivity index (χ4v) is 7.70. The standard InChI is InChI=1S/3C12H28N.3H2O.25O.10V/c3*1-5-9-13(10-6-2,11-7-3)12-8-4;;;;;;;;;;;;;;;;;;;;;;;;;;;;;;;;;;;;;;/h3*5-12H2,1-4H3;3*1H2;;;;;;;;;;;;;;;;;;;;;;;;;;;;;;;;;;;/q3*+1;;;;25*-2;;;;;;;;;;/p-3. The van der Waals surface area contributed by atoms with Crippen LogP contribution in [0.15, 0.2) is 0 Å². The van der Waals surface area contributed by atoms with Crippen molar-refractivity contribution in [2.24, 2.45) is 0 Å². The molecule has 0 unspecified atom stereocenters. The summed E-state index contributed by atoms with van der Waals surface area (Å²) in [7, 11) is 0. The summed E-state index contributed by atoms with van der Waals surface area (Å²) in [5, 5.41) is 0. The van der Waals surface area contributed by atoms with Crippen molar-refractivity contribution in [3.8, 4) is 0 Å². The summed E-state index contributed by atoms with van der Waals surface area (Å²) in [6, 6.07) is 0. The summed E-state index contributed by atoms with van der Waals surface area (Å²) < 4.78 is 4.12. The van der Waals surface area contributed by atoms with Gasteiger partial charge in [-0.1, -0.05) is 83.1 Å². The second kappa shape index (κ2) is 235. The van der Waals surface area contributed by atoms with Crippen LogP contribution in [0.2, 0.25) is 0 Å². The van der Waals surface area contributed by atoms with Crippen LogP contribution in [0.25, 0.3) is 0 Å². The van der Waals surface area contributed by atoms with Gasteiger partial charge in [0.1, 0.15) is 0 Å². The molecule has 0 aliphatic rings. The fraction of sp³-hybridized carbons (Fsp3) is 1.00. The van der Waals surface area contributed by atoms with Gasteiger partial charge in [-0.25, -0.2) is 0 Å². The maximum atomic E-state index is 2.31. The molecule has 77 heavy (non-hydrogen) atoms. The number of nitrogens with zero attached hydrogens (tertiary/aromatic N) is 3. The van der Waals surface area contributed by atoms with E-state index in [0.29, 0.717) is 0 Å². The van der Waals surface area contributed by atoms with Gasteiger partial charge >= 0.3 is 0 Å². The maximum absolute atomic E-state index is 2.31. The average Bonchev–Trinajstić information content (AvgIpc) is 2.87. The molecule has 0 rings (SSSR count). The third-order valence-electron chi connectivity index (χ3n) is 8.38. The van der Waals surface area contributed by atoms with Gasteiger partial charge in [-0.3, -0.25) is 0 Å². The van der Waals surface area contributed by atoms with Crippen LogP contribution >= 0.6 is 0 Å². The van der Waals surface area contributed by atoms with Gasteiger partial charge in [0.05, 0.1) is 78.5 Å². The molecule has 0 spiro atoms. The molecule has 514 valence electrons. The maximum Gasteiger partial charge on any atom is 0.0783 e. The van der Waals surface area contributed by atoms with Gasteiger partial charge in [0, 0.05) is 186 Å². The Kier molecular flexibility index (Phi) is 982. The second-order valence-corrected chi connectivity index (χ2v) is 12.7. The number of rotatable bonds is 24. The Balaban J connectivity index is -0.00000000519. The first kappa shape index (κ1) is 322. The van der Waals surface area contributed by atoms with Crippen molar-refractivity contribution in [2.75, 3.05) is 78.5 Å². The predicted molar refractivity (Wildman–Crippen MR) is 206 cm³/mol. The zero-order chi connectivity index (χ0) is 30.5.